The van der Waals surface area contributed by atoms with Crippen molar-refractivity contribution in [3.05, 3.63) is 42.5 Å². The molecule has 1 aromatic carbocycles. The normalized spacial score (nSPS) is 21.3. The molecule has 1 aliphatic carbocycles. The summed E-state index contributed by atoms with van der Waals surface area (Å²) in [5.41, 5.74) is 0. The maximum atomic E-state index is 11.5. The van der Waals surface area contributed by atoms with Crippen LogP contribution in [0.2, 0.25) is 0 Å². The number of ether oxygens (including phenoxy) is 4. The average molecular weight is 365 g/mol. The molecule has 0 unspecified atom stereocenters. The summed E-state index contributed by atoms with van der Waals surface area (Å²) < 4.78 is 20.8. The van der Waals surface area contributed by atoms with Crippen LogP contribution in [0.4, 0.5) is 4.79 Å². The number of benzene rings is 1. The summed E-state index contributed by atoms with van der Waals surface area (Å²) in [5, 5.41) is 2.54. The summed E-state index contributed by atoms with van der Waals surface area (Å²) in [5.74, 6) is -0.157. The number of methoxy groups -OCH3 is 1. The topological polar surface area (TPSA) is 83.1 Å². The fourth-order valence-corrected chi connectivity index (χ4v) is 2.52. The van der Waals surface area contributed by atoms with Gasteiger partial charge in [0.05, 0.1) is 19.1 Å². The first kappa shape index (κ1) is 18.7. The highest BCUT2D eigenvalue weighted by Crippen LogP contribution is 2.24. The maximum absolute atomic E-state index is 11.5. The van der Waals surface area contributed by atoms with Crippen molar-refractivity contribution in [1.29, 1.82) is 0 Å². The minimum atomic E-state index is -0.605. The van der Waals surface area contributed by atoms with Crippen LogP contribution < -0.4 is 10.1 Å². The van der Waals surface area contributed by atoms with Crippen molar-refractivity contribution in [2.45, 2.75) is 19.1 Å². The Balaban J connectivity index is 2.02. The number of carbonyl (C=O) groups is 2. The van der Waals surface area contributed by atoms with Crippen LogP contribution in [0.5, 0.6) is 5.75 Å². The number of hydrogen-bond acceptors (Lipinski definition) is 7. The van der Waals surface area contributed by atoms with Gasteiger partial charge in [0.1, 0.15) is 18.5 Å². The van der Waals surface area contributed by atoms with Gasteiger partial charge in [-0.2, -0.15) is 0 Å². The number of thiocarbonyl (C=S) groups is 1. The van der Waals surface area contributed by atoms with Crippen LogP contribution in [0.15, 0.2) is 42.5 Å². The van der Waals surface area contributed by atoms with Crippen molar-refractivity contribution in [1.82, 2.24) is 5.32 Å². The summed E-state index contributed by atoms with van der Waals surface area (Å²) in [7, 11) is 1.27. The van der Waals surface area contributed by atoms with E-state index < -0.39 is 24.2 Å². The zero-order valence-electron chi connectivity index (χ0n) is 13.8. The third kappa shape index (κ3) is 5.75. The van der Waals surface area contributed by atoms with Crippen molar-refractivity contribution in [3.63, 3.8) is 0 Å². The summed E-state index contributed by atoms with van der Waals surface area (Å²) >= 11 is 5.13. The fourth-order valence-electron chi connectivity index (χ4n) is 2.32. The van der Waals surface area contributed by atoms with Gasteiger partial charge in [0, 0.05) is 19.1 Å². The standard InChI is InChI=1S/C17H19NO6S/c1-11(19)22-10-12-8-9-14(18-16(20)21-2)15(12)24-17(25)23-13-6-4-3-5-7-13/h3-9,12,14-15H,10H2,1-2H3,(H,18,20)/t12-,14-,15-/m0/s1. The van der Waals surface area contributed by atoms with Crippen LogP contribution in [-0.4, -0.2) is 43.2 Å². The smallest absolute Gasteiger partial charge is 0.407 e. The second-order valence-electron chi connectivity index (χ2n) is 5.26. The molecule has 0 spiro atoms. The molecule has 25 heavy (non-hydrogen) atoms. The lowest BCUT2D eigenvalue weighted by molar-refractivity contribution is -0.142. The van der Waals surface area contributed by atoms with E-state index in [1.54, 1.807) is 36.4 Å². The predicted octanol–water partition coefficient (Wildman–Crippen LogP) is 2.21. The molecule has 0 aromatic heterocycles. The Labute approximate surface area is 150 Å². The highest BCUT2D eigenvalue weighted by atomic mass is 32.1. The quantitative estimate of drug-likeness (QED) is 0.487. The van der Waals surface area contributed by atoms with Crippen molar-refractivity contribution in [2.75, 3.05) is 13.7 Å². The molecular weight excluding hydrogens is 346 g/mol. The second kappa shape index (κ2) is 9.03. The zero-order chi connectivity index (χ0) is 18.2. The molecule has 0 saturated heterocycles. The van der Waals surface area contributed by atoms with E-state index in [0.29, 0.717) is 5.75 Å². The average Bonchev–Trinajstić information content (AvgIpc) is 2.95. The number of esters is 1. The van der Waals surface area contributed by atoms with Gasteiger partial charge in [0.25, 0.3) is 0 Å². The summed E-state index contributed by atoms with van der Waals surface area (Å²) in [6.07, 6.45) is 2.33. The maximum Gasteiger partial charge on any atom is 0.407 e. The molecule has 3 atom stereocenters. The Morgan fingerprint density at radius 2 is 1.92 bits per heavy atom. The monoisotopic (exact) mass is 365 g/mol. The SMILES string of the molecule is COC(=O)N[C@H]1C=C[C@@H](COC(C)=O)[C@@H]1OC(=S)Oc1ccccc1. The van der Waals surface area contributed by atoms with E-state index in [4.69, 9.17) is 26.4 Å². The van der Waals surface area contributed by atoms with Gasteiger partial charge in [-0.15, -0.1) is 0 Å². The van der Waals surface area contributed by atoms with E-state index in [1.165, 1.54) is 14.0 Å². The molecule has 8 heteroatoms. The van der Waals surface area contributed by atoms with Crippen molar-refractivity contribution in [2.24, 2.45) is 5.92 Å². The Morgan fingerprint density at radius 1 is 1.20 bits per heavy atom. The molecule has 0 saturated carbocycles. The molecule has 1 N–H and O–H groups in total. The largest absolute Gasteiger partial charge is 0.465 e. The van der Waals surface area contributed by atoms with Gasteiger partial charge >= 0.3 is 17.3 Å². The van der Waals surface area contributed by atoms with E-state index in [1.807, 2.05) is 6.07 Å². The van der Waals surface area contributed by atoms with E-state index in [0.717, 1.165) is 0 Å². The van der Waals surface area contributed by atoms with Crippen LogP contribution in [-0.2, 0) is 19.0 Å². The van der Waals surface area contributed by atoms with Gasteiger partial charge in [-0.3, -0.25) is 4.79 Å². The van der Waals surface area contributed by atoms with Gasteiger partial charge < -0.3 is 24.3 Å². The highest BCUT2D eigenvalue weighted by Gasteiger charge is 2.36. The number of para-hydroxylation sites is 1. The van der Waals surface area contributed by atoms with Crippen LogP contribution in [0.3, 0.4) is 0 Å². The lowest BCUT2D eigenvalue weighted by Gasteiger charge is -2.26. The number of hydrogen-bond donors (Lipinski definition) is 1. The molecule has 2 rings (SSSR count). The van der Waals surface area contributed by atoms with Crippen LogP contribution in [0.25, 0.3) is 0 Å². The Kier molecular flexibility index (Phi) is 6.76. The fraction of sp³-hybridized carbons (Fsp3) is 0.353. The molecule has 0 fully saturated rings. The first-order chi connectivity index (χ1) is 12.0. The third-order valence-corrected chi connectivity index (χ3v) is 3.65. The molecule has 0 radical (unpaired) electrons. The lowest BCUT2D eigenvalue weighted by Crippen LogP contribution is -2.45. The number of alkyl carbamates (subject to hydrolysis) is 1. The predicted molar refractivity (Wildman–Crippen MR) is 93.1 cm³/mol. The van der Waals surface area contributed by atoms with Gasteiger partial charge in [-0.05, 0) is 12.1 Å². The molecule has 0 heterocycles. The van der Waals surface area contributed by atoms with Gasteiger partial charge in [0.2, 0.25) is 0 Å². The van der Waals surface area contributed by atoms with E-state index in [9.17, 15) is 9.59 Å². The van der Waals surface area contributed by atoms with Gasteiger partial charge in [-0.1, -0.05) is 30.4 Å². The summed E-state index contributed by atoms with van der Waals surface area (Å²) in [4.78, 5) is 22.5. The molecular formula is C17H19NO6S. The number of rotatable bonds is 5. The molecule has 1 aromatic rings. The first-order valence-corrected chi connectivity index (χ1v) is 8.00. The van der Waals surface area contributed by atoms with Crippen LogP contribution >= 0.6 is 12.2 Å². The summed E-state index contributed by atoms with van der Waals surface area (Å²) in [6.45, 7) is 1.42. The van der Waals surface area contributed by atoms with E-state index in [-0.39, 0.29) is 17.8 Å². The van der Waals surface area contributed by atoms with Crippen LogP contribution in [0, 0.1) is 5.92 Å². The lowest BCUT2D eigenvalue weighted by atomic mass is 10.1. The second-order valence-corrected chi connectivity index (χ2v) is 5.59. The number of nitrogens with one attached hydrogen (secondary N) is 1. The Bertz CT molecular complexity index is 648. The van der Waals surface area contributed by atoms with Crippen molar-refractivity contribution < 1.29 is 28.5 Å². The van der Waals surface area contributed by atoms with Crippen molar-refractivity contribution >= 4 is 29.5 Å². The molecule has 0 bridgehead atoms. The van der Waals surface area contributed by atoms with Crippen LogP contribution in [0.1, 0.15) is 6.92 Å². The number of carbonyl (C=O) groups excluding carboxylic acids is 2. The molecule has 134 valence electrons. The van der Waals surface area contributed by atoms with Crippen molar-refractivity contribution in [3.8, 4) is 5.75 Å². The third-order valence-electron chi connectivity index (χ3n) is 3.47. The minimum absolute atomic E-state index is 0.0932. The van der Waals surface area contributed by atoms with Gasteiger partial charge in [-0.25, -0.2) is 4.79 Å². The molecule has 1 amide bonds. The zero-order valence-corrected chi connectivity index (χ0v) is 14.7. The van der Waals surface area contributed by atoms with E-state index >= 15 is 0 Å². The Morgan fingerprint density at radius 3 is 2.56 bits per heavy atom. The van der Waals surface area contributed by atoms with E-state index in [2.05, 4.69) is 10.1 Å². The molecule has 1 aliphatic rings. The molecule has 0 aliphatic heterocycles. The molecule has 7 nitrogen and oxygen atoms in total. The Hall–Kier alpha value is -2.61. The summed E-state index contributed by atoms with van der Waals surface area (Å²) in [6, 6.07) is 8.45. The minimum Gasteiger partial charge on any atom is -0.465 e. The highest BCUT2D eigenvalue weighted by molar-refractivity contribution is 7.79. The number of amides is 1. The first-order valence-electron chi connectivity index (χ1n) is 7.59. The van der Waals surface area contributed by atoms with Gasteiger partial charge in [0.15, 0.2) is 0 Å².